The fourth-order valence-corrected chi connectivity index (χ4v) is 10.3. The van der Waals surface area contributed by atoms with E-state index >= 15 is 0 Å². The summed E-state index contributed by atoms with van der Waals surface area (Å²) in [7, 11) is 0. The van der Waals surface area contributed by atoms with Crippen molar-refractivity contribution in [3.05, 3.63) is 353 Å². The average molecular weight is 1160 g/mol. The van der Waals surface area contributed by atoms with Crippen molar-refractivity contribution < 1.29 is 0 Å². The summed E-state index contributed by atoms with van der Waals surface area (Å²) in [5, 5.41) is 0. The van der Waals surface area contributed by atoms with Crippen molar-refractivity contribution in [2.45, 2.75) is 78.6 Å². The van der Waals surface area contributed by atoms with E-state index in [9.17, 15) is 0 Å². The van der Waals surface area contributed by atoms with Crippen LogP contribution in [0.2, 0.25) is 0 Å². The molecule has 0 N–H and O–H groups in total. The van der Waals surface area contributed by atoms with Gasteiger partial charge in [0, 0.05) is 33.4 Å². The zero-order chi connectivity index (χ0) is 62.9. The first-order valence-corrected chi connectivity index (χ1v) is 31.1. The van der Waals surface area contributed by atoms with E-state index in [4.69, 9.17) is 0 Å². The average Bonchev–Trinajstić information content (AvgIpc) is 2.16. The minimum absolute atomic E-state index is 0.125. The minimum atomic E-state index is -0.125. The van der Waals surface area contributed by atoms with Gasteiger partial charge in [-0.25, -0.2) is 0 Å². The van der Waals surface area contributed by atoms with E-state index in [-0.39, 0.29) is 16.2 Å². The third-order valence-electron chi connectivity index (χ3n) is 15.7. The molecule has 0 bridgehead atoms. The van der Waals surface area contributed by atoms with Crippen LogP contribution in [-0.4, -0.2) is 0 Å². The summed E-state index contributed by atoms with van der Waals surface area (Å²) >= 11 is 0. The summed E-state index contributed by atoms with van der Waals surface area (Å²) in [5.74, 6) is 22.5. The fraction of sp³-hybridized carbons (Fsp3) is 0.133. The van der Waals surface area contributed by atoms with Crippen molar-refractivity contribution in [2.24, 2.45) is 0 Å². The Morgan fingerprint density at radius 2 is 0.367 bits per heavy atom. The summed E-state index contributed by atoms with van der Waals surface area (Å²) in [5.41, 5.74) is 21.4. The van der Waals surface area contributed by atoms with Crippen LogP contribution >= 0.6 is 0 Å². The quantitative estimate of drug-likeness (QED) is 0.0845. The Labute approximate surface area is 537 Å². The molecule has 0 amide bonds. The van der Waals surface area contributed by atoms with Gasteiger partial charge in [0.1, 0.15) is 0 Å². The van der Waals surface area contributed by atoms with Crippen LogP contribution in [0.15, 0.2) is 237 Å². The minimum Gasteiger partial charge on any atom is -0.0622 e. The number of hydrogen-bond acceptors (Lipinski definition) is 0. The van der Waals surface area contributed by atoms with Gasteiger partial charge in [-0.05, 0) is 154 Å². The Hall–Kier alpha value is -10.7. The van der Waals surface area contributed by atoms with E-state index in [0.29, 0.717) is 0 Å². The maximum absolute atomic E-state index is 3.77. The van der Waals surface area contributed by atoms with Gasteiger partial charge in [-0.1, -0.05) is 353 Å². The van der Waals surface area contributed by atoms with Crippen LogP contribution in [0.25, 0.3) is 72.9 Å². The molecule has 0 unspecified atom stereocenters. The Morgan fingerprint density at radius 3 is 0.522 bits per heavy atom. The smallest absolute Gasteiger partial charge is 0.0394 e. The molecule has 0 aliphatic carbocycles. The molecule has 0 aromatic heterocycles. The van der Waals surface area contributed by atoms with Crippen molar-refractivity contribution in [1.29, 1.82) is 0 Å². The van der Waals surface area contributed by atoms with E-state index in [1.54, 1.807) is 0 Å². The second kappa shape index (κ2) is 28.9. The van der Waals surface area contributed by atoms with Crippen molar-refractivity contribution in [1.82, 2.24) is 0 Å². The van der Waals surface area contributed by atoms with E-state index in [0.717, 1.165) is 100 Å². The zero-order valence-electron chi connectivity index (χ0n) is 53.4. The SMILES string of the molecule is CC(C)(C)c1cc(C=Cc2ccccc2)c(C#Cc2cc(C#Cc3c(/C=C/c4ccccc4)cc(C(C)(C)C)cc3/C=C/c3ccccc3)cc(C#Cc3c(/C=C/c4ccccc4)cc(C(C)(C)C)cc3/C=C/c3ccccc3)c2)c(/C=C/c2ccccc2)c1. The lowest BCUT2D eigenvalue weighted by molar-refractivity contribution is 0.589. The van der Waals surface area contributed by atoms with Crippen molar-refractivity contribution >= 4 is 72.9 Å². The van der Waals surface area contributed by atoms with Crippen molar-refractivity contribution in [3.8, 4) is 35.5 Å². The lowest BCUT2D eigenvalue weighted by Crippen LogP contribution is -2.12. The Kier molecular flexibility index (Phi) is 20.0. The molecule has 0 saturated carbocycles. The van der Waals surface area contributed by atoms with Gasteiger partial charge in [0.25, 0.3) is 0 Å². The molecule has 90 heavy (non-hydrogen) atoms. The van der Waals surface area contributed by atoms with Gasteiger partial charge in [0.2, 0.25) is 0 Å². The highest BCUT2D eigenvalue weighted by Gasteiger charge is 2.20. The predicted octanol–water partition coefficient (Wildman–Crippen LogP) is 22.8. The normalized spacial score (nSPS) is 12.0. The van der Waals surface area contributed by atoms with Gasteiger partial charge < -0.3 is 0 Å². The van der Waals surface area contributed by atoms with Gasteiger partial charge in [0.15, 0.2) is 0 Å². The standard InChI is InChI=1S/C90H78/c1-88(2,3)82-61-76(49-40-67-28-16-10-17-29-67)85(77(62-82)50-41-68-30-18-11-19-31-68)55-46-73-58-74(47-56-86-78(51-42-69-32-20-12-21-33-69)63-83(89(4,5)6)64-79(86)52-43-70-34-22-13-23-35-70)60-75(59-73)48-57-87-80(53-44-71-36-24-14-25-37-71)65-84(90(7,8)9)66-81(87)54-45-72-38-26-15-27-39-72/h10-45,49-54,58-66H,1-9H3/b49-40+,50-41+,51-42+,52-43+,53-44+,54-45?. The molecular formula is C90H78. The lowest BCUT2D eigenvalue weighted by Gasteiger charge is -2.21. The Balaban J connectivity index is 1.22. The van der Waals surface area contributed by atoms with Crippen LogP contribution in [0.4, 0.5) is 0 Å². The van der Waals surface area contributed by atoms with Gasteiger partial charge in [-0.2, -0.15) is 0 Å². The third kappa shape index (κ3) is 17.5. The molecule has 10 aromatic rings. The highest BCUT2D eigenvalue weighted by molar-refractivity contribution is 5.84. The summed E-state index contributed by atoms with van der Waals surface area (Å²) in [4.78, 5) is 0. The molecule has 0 atom stereocenters. The highest BCUT2D eigenvalue weighted by atomic mass is 14.2. The summed E-state index contributed by atoms with van der Waals surface area (Å²) in [6.07, 6.45) is 26.4. The molecule has 0 radical (unpaired) electrons. The van der Waals surface area contributed by atoms with E-state index in [2.05, 4.69) is 407 Å². The highest BCUT2D eigenvalue weighted by Crippen LogP contribution is 2.34. The Morgan fingerprint density at radius 1 is 0.200 bits per heavy atom. The molecule has 0 heteroatoms. The fourth-order valence-electron chi connectivity index (χ4n) is 10.3. The predicted molar refractivity (Wildman–Crippen MR) is 392 cm³/mol. The van der Waals surface area contributed by atoms with Crippen LogP contribution < -0.4 is 0 Å². The molecule has 0 aliphatic rings. The first kappa shape index (κ1) is 62.4. The summed E-state index contributed by atoms with van der Waals surface area (Å²) in [6.45, 7) is 20.4. The second-order valence-electron chi connectivity index (χ2n) is 25.9. The first-order valence-electron chi connectivity index (χ1n) is 31.1. The molecule has 10 aromatic carbocycles. The van der Waals surface area contributed by atoms with Crippen LogP contribution in [0.3, 0.4) is 0 Å². The first-order chi connectivity index (χ1) is 43.5. The van der Waals surface area contributed by atoms with E-state index in [1.165, 1.54) is 16.7 Å². The van der Waals surface area contributed by atoms with Gasteiger partial charge in [0.05, 0.1) is 0 Å². The lowest BCUT2D eigenvalue weighted by atomic mass is 9.83. The van der Waals surface area contributed by atoms with Gasteiger partial charge in [-0.3, -0.25) is 0 Å². The molecular weight excluding hydrogens is 1080 g/mol. The van der Waals surface area contributed by atoms with Crippen molar-refractivity contribution in [3.63, 3.8) is 0 Å². The molecule has 0 nitrogen and oxygen atoms in total. The van der Waals surface area contributed by atoms with Gasteiger partial charge in [-0.15, -0.1) is 0 Å². The largest absolute Gasteiger partial charge is 0.0622 e. The molecule has 438 valence electrons. The third-order valence-corrected chi connectivity index (χ3v) is 15.7. The number of benzene rings is 10. The summed E-state index contributed by atoms with van der Waals surface area (Å²) in [6, 6.07) is 83.0. The molecule has 0 heterocycles. The van der Waals surface area contributed by atoms with Crippen molar-refractivity contribution in [2.75, 3.05) is 0 Å². The summed E-state index contributed by atoms with van der Waals surface area (Å²) < 4.78 is 0. The molecule has 0 fully saturated rings. The van der Waals surface area contributed by atoms with E-state index < -0.39 is 0 Å². The molecule has 0 aliphatic heterocycles. The van der Waals surface area contributed by atoms with E-state index in [1.807, 2.05) is 0 Å². The molecule has 0 spiro atoms. The van der Waals surface area contributed by atoms with Crippen LogP contribution in [0, 0.1) is 35.5 Å². The number of hydrogen-bond donors (Lipinski definition) is 0. The monoisotopic (exact) mass is 1160 g/mol. The van der Waals surface area contributed by atoms with Crippen LogP contribution in [0.1, 0.15) is 179 Å². The van der Waals surface area contributed by atoms with Crippen LogP contribution in [-0.2, 0) is 16.2 Å². The maximum Gasteiger partial charge on any atom is 0.0394 e. The second-order valence-corrected chi connectivity index (χ2v) is 25.9. The van der Waals surface area contributed by atoms with Gasteiger partial charge >= 0.3 is 0 Å². The molecule has 0 saturated heterocycles. The zero-order valence-corrected chi connectivity index (χ0v) is 53.4. The Bertz CT molecular complexity index is 3810. The number of rotatable bonds is 12. The topological polar surface area (TPSA) is 0 Å². The molecule has 10 rings (SSSR count). The maximum atomic E-state index is 3.77. The van der Waals surface area contributed by atoms with Crippen LogP contribution in [0.5, 0.6) is 0 Å².